The summed E-state index contributed by atoms with van der Waals surface area (Å²) in [6, 6.07) is 11.0. The van der Waals surface area contributed by atoms with Gasteiger partial charge in [-0.25, -0.2) is 9.37 Å². The molecule has 1 saturated heterocycles. The van der Waals surface area contributed by atoms with Crippen LogP contribution in [0.3, 0.4) is 0 Å². The number of amides is 1. The van der Waals surface area contributed by atoms with Crippen molar-refractivity contribution < 1.29 is 9.18 Å². The second-order valence-corrected chi connectivity index (χ2v) is 7.30. The van der Waals surface area contributed by atoms with Crippen LogP contribution in [0.2, 0.25) is 0 Å². The molecule has 1 aliphatic heterocycles. The molecule has 1 aromatic heterocycles. The monoisotopic (exact) mass is 349 g/mol. The van der Waals surface area contributed by atoms with Crippen LogP contribution < -0.4 is 0 Å². The minimum atomic E-state index is -0.120. The standard InChI is InChI=1S/C21H20FN3O/c22-16-5-1-3-13-7-9-19-15(20(13)16)4-2-10-25(19)21(26)14-6-8-17-18(11-14)24-12-23-17/h1,3,5-6,8,11-12,15,19H,2,4,7,9-10H2,(H,23,24)/t15-,19?/m0/s1. The first-order valence-electron chi connectivity index (χ1n) is 9.24. The summed E-state index contributed by atoms with van der Waals surface area (Å²) in [5.74, 6) is 0.0231. The number of imidazole rings is 1. The van der Waals surface area contributed by atoms with E-state index in [4.69, 9.17) is 0 Å². The van der Waals surface area contributed by atoms with Gasteiger partial charge in [-0.1, -0.05) is 12.1 Å². The zero-order valence-corrected chi connectivity index (χ0v) is 14.4. The van der Waals surface area contributed by atoms with Gasteiger partial charge in [0.05, 0.1) is 17.4 Å². The van der Waals surface area contributed by atoms with E-state index in [-0.39, 0.29) is 23.7 Å². The predicted octanol–water partition coefficient (Wildman–Crippen LogP) is 4.04. The lowest BCUT2D eigenvalue weighted by molar-refractivity contribution is 0.0543. The molecule has 5 rings (SSSR count). The minimum absolute atomic E-state index is 0.0380. The number of halogens is 1. The highest BCUT2D eigenvalue weighted by molar-refractivity contribution is 5.97. The van der Waals surface area contributed by atoms with E-state index in [0.29, 0.717) is 5.56 Å². The number of aryl methyl sites for hydroxylation is 1. The number of rotatable bonds is 1. The summed E-state index contributed by atoms with van der Waals surface area (Å²) < 4.78 is 14.5. The maximum atomic E-state index is 14.5. The lowest BCUT2D eigenvalue weighted by Gasteiger charge is -2.45. The van der Waals surface area contributed by atoms with E-state index < -0.39 is 0 Å². The molecule has 0 bridgehead atoms. The van der Waals surface area contributed by atoms with Crippen molar-refractivity contribution in [3.63, 3.8) is 0 Å². The number of fused-ring (bicyclic) bond motifs is 4. The molecular formula is C21H20FN3O. The van der Waals surface area contributed by atoms with E-state index in [2.05, 4.69) is 9.97 Å². The van der Waals surface area contributed by atoms with E-state index >= 15 is 0 Å². The summed E-state index contributed by atoms with van der Waals surface area (Å²) in [5.41, 5.74) is 4.34. The number of benzene rings is 2. The van der Waals surface area contributed by atoms with Crippen LogP contribution in [0.5, 0.6) is 0 Å². The number of carbonyl (C=O) groups excluding carboxylic acids is 1. The number of aromatic amines is 1. The molecule has 3 aromatic rings. The second kappa shape index (κ2) is 5.94. The van der Waals surface area contributed by atoms with Crippen molar-refractivity contribution in [3.05, 3.63) is 65.2 Å². The van der Waals surface area contributed by atoms with Gasteiger partial charge in [0.15, 0.2) is 0 Å². The summed E-state index contributed by atoms with van der Waals surface area (Å²) in [4.78, 5) is 22.5. The Labute approximate surface area is 151 Å². The van der Waals surface area contributed by atoms with Crippen LogP contribution in [-0.4, -0.2) is 33.4 Å². The van der Waals surface area contributed by atoms with Crippen LogP contribution >= 0.6 is 0 Å². The van der Waals surface area contributed by atoms with Crippen molar-refractivity contribution in [1.82, 2.24) is 14.9 Å². The van der Waals surface area contributed by atoms with Gasteiger partial charge in [0, 0.05) is 24.1 Å². The largest absolute Gasteiger partial charge is 0.345 e. The van der Waals surface area contributed by atoms with Gasteiger partial charge in [0.2, 0.25) is 0 Å². The molecule has 1 N–H and O–H groups in total. The Morgan fingerprint density at radius 3 is 3.08 bits per heavy atom. The molecule has 0 radical (unpaired) electrons. The van der Waals surface area contributed by atoms with Gasteiger partial charge in [0.25, 0.3) is 5.91 Å². The van der Waals surface area contributed by atoms with Crippen molar-refractivity contribution in [2.45, 2.75) is 37.6 Å². The van der Waals surface area contributed by atoms with E-state index in [1.54, 1.807) is 18.5 Å². The molecule has 2 aromatic carbocycles. The van der Waals surface area contributed by atoms with Crippen LogP contribution in [0.1, 0.15) is 46.7 Å². The molecule has 2 heterocycles. The maximum Gasteiger partial charge on any atom is 0.254 e. The van der Waals surface area contributed by atoms with Crippen molar-refractivity contribution in [1.29, 1.82) is 0 Å². The van der Waals surface area contributed by atoms with Gasteiger partial charge in [-0.05, 0) is 61.1 Å². The smallest absolute Gasteiger partial charge is 0.254 e. The number of carbonyl (C=O) groups is 1. The average Bonchev–Trinajstić information content (AvgIpc) is 3.14. The lowest BCUT2D eigenvalue weighted by atomic mass is 9.74. The van der Waals surface area contributed by atoms with Crippen molar-refractivity contribution in [2.24, 2.45) is 0 Å². The van der Waals surface area contributed by atoms with Crippen LogP contribution in [-0.2, 0) is 6.42 Å². The molecule has 1 fully saturated rings. The molecule has 2 aliphatic rings. The first-order chi connectivity index (χ1) is 12.7. The van der Waals surface area contributed by atoms with Gasteiger partial charge in [-0.3, -0.25) is 4.79 Å². The average molecular weight is 349 g/mol. The second-order valence-electron chi connectivity index (χ2n) is 7.30. The van der Waals surface area contributed by atoms with Crippen LogP contribution in [0.25, 0.3) is 11.0 Å². The third-order valence-corrected chi connectivity index (χ3v) is 5.93. The zero-order valence-electron chi connectivity index (χ0n) is 14.4. The molecule has 1 aliphatic carbocycles. The third kappa shape index (κ3) is 2.34. The fourth-order valence-electron chi connectivity index (χ4n) is 4.76. The Hall–Kier alpha value is -2.69. The van der Waals surface area contributed by atoms with E-state index in [1.807, 2.05) is 29.2 Å². The molecule has 1 unspecified atom stereocenters. The molecule has 5 heteroatoms. The minimum Gasteiger partial charge on any atom is -0.345 e. The number of piperidine rings is 1. The van der Waals surface area contributed by atoms with Crippen LogP contribution in [0.15, 0.2) is 42.7 Å². The Morgan fingerprint density at radius 2 is 2.15 bits per heavy atom. The fraction of sp³-hybridized carbons (Fsp3) is 0.333. The highest BCUT2D eigenvalue weighted by Crippen LogP contribution is 2.42. The maximum absolute atomic E-state index is 14.5. The summed E-state index contributed by atoms with van der Waals surface area (Å²) in [5, 5.41) is 0. The first-order valence-corrected chi connectivity index (χ1v) is 9.24. The predicted molar refractivity (Wildman–Crippen MR) is 97.6 cm³/mol. The Balaban J connectivity index is 1.50. The number of H-pyrrole nitrogens is 1. The molecule has 2 atom stereocenters. The molecule has 4 nitrogen and oxygen atoms in total. The normalized spacial score (nSPS) is 22.1. The van der Waals surface area contributed by atoms with Crippen molar-refractivity contribution in [3.8, 4) is 0 Å². The number of likely N-dealkylation sites (tertiary alicyclic amines) is 1. The first kappa shape index (κ1) is 15.6. The van der Waals surface area contributed by atoms with Gasteiger partial charge >= 0.3 is 0 Å². The summed E-state index contributed by atoms with van der Waals surface area (Å²) in [6.45, 7) is 0.741. The Morgan fingerprint density at radius 1 is 1.23 bits per heavy atom. The summed E-state index contributed by atoms with van der Waals surface area (Å²) >= 11 is 0. The fourth-order valence-corrected chi connectivity index (χ4v) is 4.76. The van der Waals surface area contributed by atoms with Crippen LogP contribution in [0, 0.1) is 5.82 Å². The van der Waals surface area contributed by atoms with Crippen LogP contribution in [0.4, 0.5) is 4.39 Å². The van der Waals surface area contributed by atoms with E-state index in [0.717, 1.165) is 54.4 Å². The lowest BCUT2D eigenvalue weighted by Crippen LogP contribution is -2.49. The van der Waals surface area contributed by atoms with E-state index in [9.17, 15) is 9.18 Å². The van der Waals surface area contributed by atoms with Crippen molar-refractivity contribution in [2.75, 3.05) is 6.54 Å². The SMILES string of the molecule is O=C(c1ccc2nc[nH]c2c1)N1CCC[C@@H]2c3c(F)cccc3CCC21. The zero-order chi connectivity index (χ0) is 17.7. The van der Waals surface area contributed by atoms with E-state index in [1.165, 1.54) is 0 Å². The summed E-state index contributed by atoms with van der Waals surface area (Å²) in [6.07, 6.45) is 5.22. The number of nitrogens with one attached hydrogen (secondary N) is 1. The van der Waals surface area contributed by atoms with Gasteiger partial charge in [-0.2, -0.15) is 0 Å². The number of hydrogen-bond acceptors (Lipinski definition) is 2. The highest BCUT2D eigenvalue weighted by atomic mass is 19.1. The molecule has 0 saturated carbocycles. The molecule has 0 spiro atoms. The number of aromatic nitrogens is 2. The van der Waals surface area contributed by atoms with Crippen molar-refractivity contribution >= 4 is 16.9 Å². The van der Waals surface area contributed by atoms with Gasteiger partial charge < -0.3 is 9.88 Å². The number of hydrogen-bond donors (Lipinski definition) is 1. The quantitative estimate of drug-likeness (QED) is 0.721. The molecule has 1 amide bonds. The number of nitrogens with zero attached hydrogens (tertiary/aromatic N) is 2. The Bertz CT molecular complexity index is 996. The topological polar surface area (TPSA) is 49.0 Å². The summed E-state index contributed by atoms with van der Waals surface area (Å²) in [7, 11) is 0. The highest BCUT2D eigenvalue weighted by Gasteiger charge is 2.39. The van der Waals surface area contributed by atoms with Gasteiger partial charge in [0.1, 0.15) is 5.82 Å². The molecule has 26 heavy (non-hydrogen) atoms. The van der Waals surface area contributed by atoms with Gasteiger partial charge in [-0.15, -0.1) is 0 Å². The third-order valence-electron chi connectivity index (χ3n) is 5.93. The molecular weight excluding hydrogens is 329 g/mol. The molecule has 132 valence electrons. The Kier molecular flexibility index (Phi) is 3.55.